The van der Waals surface area contributed by atoms with Gasteiger partial charge in [0, 0.05) is 30.7 Å². The minimum absolute atomic E-state index is 0.0189. The maximum atomic E-state index is 11.9. The largest absolute Gasteiger partial charge is 0.366 e. The maximum Gasteiger partial charge on any atom is 0.266 e. The number of aromatic nitrogens is 5. The molecule has 0 aliphatic heterocycles. The van der Waals surface area contributed by atoms with E-state index >= 15 is 0 Å². The minimum atomic E-state index is -0.0189. The second kappa shape index (κ2) is 5.83. The van der Waals surface area contributed by atoms with E-state index in [2.05, 4.69) is 20.5 Å². The Morgan fingerprint density at radius 3 is 2.74 bits per heavy atom. The van der Waals surface area contributed by atoms with Crippen LogP contribution in [0, 0.1) is 0 Å². The molecule has 1 fully saturated rings. The molecular formula is C16H18N6O. The molecule has 4 rings (SSSR count). The molecule has 23 heavy (non-hydrogen) atoms. The summed E-state index contributed by atoms with van der Waals surface area (Å²) in [7, 11) is 0. The highest BCUT2D eigenvalue weighted by atomic mass is 16.1. The van der Waals surface area contributed by atoms with Crippen LogP contribution in [0.4, 0.5) is 5.82 Å². The monoisotopic (exact) mass is 310 g/mol. The molecule has 1 aliphatic carbocycles. The van der Waals surface area contributed by atoms with Gasteiger partial charge in [0.2, 0.25) is 0 Å². The Bertz CT molecular complexity index is 862. The highest BCUT2D eigenvalue weighted by Crippen LogP contribution is 2.29. The first-order valence-corrected chi connectivity index (χ1v) is 7.90. The Morgan fingerprint density at radius 1 is 1.04 bits per heavy atom. The summed E-state index contributed by atoms with van der Waals surface area (Å²) in [6, 6.07) is 5.76. The van der Waals surface area contributed by atoms with Crippen LogP contribution < -0.4 is 10.9 Å². The molecule has 1 saturated carbocycles. The van der Waals surface area contributed by atoms with Gasteiger partial charge in [0.25, 0.3) is 5.56 Å². The number of rotatable bonds is 3. The zero-order valence-electron chi connectivity index (χ0n) is 12.7. The first kappa shape index (κ1) is 13.9. The quantitative estimate of drug-likeness (QED) is 0.799. The van der Waals surface area contributed by atoms with E-state index < -0.39 is 0 Å². The van der Waals surface area contributed by atoms with Gasteiger partial charge in [-0.05, 0) is 37.8 Å². The van der Waals surface area contributed by atoms with Crippen molar-refractivity contribution < 1.29 is 0 Å². The van der Waals surface area contributed by atoms with Crippen molar-refractivity contribution >= 4 is 11.3 Å². The van der Waals surface area contributed by atoms with Crippen LogP contribution in [0.25, 0.3) is 5.52 Å². The standard InChI is InChI=1S/C16H18N6O/c23-15-2-1-8-19-22(15)13-5-3-12(4-6-13)20-16-14-7-9-18-21(14)11-10-17-16/h1-2,7-13H,3-6H2,(H,17,20). The maximum absolute atomic E-state index is 11.9. The zero-order valence-corrected chi connectivity index (χ0v) is 12.7. The molecule has 0 atom stereocenters. The van der Waals surface area contributed by atoms with E-state index in [0.29, 0.717) is 6.04 Å². The predicted octanol–water partition coefficient (Wildman–Crippen LogP) is 1.88. The molecule has 3 aromatic heterocycles. The lowest BCUT2D eigenvalue weighted by molar-refractivity contribution is 0.303. The average Bonchev–Trinajstić information content (AvgIpc) is 3.06. The van der Waals surface area contributed by atoms with Crippen LogP contribution in [0.3, 0.4) is 0 Å². The van der Waals surface area contributed by atoms with Crippen LogP contribution in [0.1, 0.15) is 31.7 Å². The molecule has 7 nitrogen and oxygen atoms in total. The molecule has 3 heterocycles. The predicted molar refractivity (Wildman–Crippen MR) is 86.4 cm³/mol. The molecule has 1 aliphatic rings. The van der Waals surface area contributed by atoms with Gasteiger partial charge in [-0.2, -0.15) is 10.2 Å². The molecule has 7 heteroatoms. The Kier molecular flexibility index (Phi) is 3.53. The highest BCUT2D eigenvalue weighted by Gasteiger charge is 2.24. The fraction of sp³-hybridized carbons (Fsp3) is 0.375. The summed E-state index contributed by atoms with van der Waals surface area (Å²) in [5.74, 6) is 0.864. The Balaban J connectivity index is 1.45. The number of hydrogen-bond acceptors (Lipinski definition) is 5. The van der Waals surface area contributed by atoms with Crippen LogP contribution >= 0.6 is 0 Å². The zero-order chi connectivity index (χ0) is 15.6. The smallest absolute Gasteiger partial charge is 0.266 e. The molecule has 0 aromatic carbocycles. The van der Waals surface area contributed by atoms with Gasteiger partial charge >= 0.3 is 0 Å². The number of nitrogens with one attached hydrogen (secondary N) is 1. The van der Waals surface area contributed by atoms with Gasteiger partial charge in [-0.1, -0.05) is 0 Å². The third-order valence-electron chi connectivity index (χ3n) is 4.45. The van der Waals surface area contributed by atoms with Gasteiger partial charge in [-0.25, -0.2) is 14.2 Å². The van der Waals surface area contributed by atoms with Gasteiger partial charge < -0.3 is 5.32 Å². The van der Waals surface area contributed by atoms with Crippen molar-refractivity contribution in [2.75, 3.05) is 5.32 Å². The summed E-state index contributed by atoms with van der Waals surface area (Å²) in [5.41, 5.74) is 0.963. The molecule has 0 bridgehead atoms. The van der Waals surface area contributed by atoms with E-state index in [1.54, 1.807) is 35.4 Å². The molecule has 0 unspecified atom stereocenters. The first-order chi connectivity index (χ1) is 11.3. The summed E-state index contributed by atoms with van der Waals surface area (Å²) in [4.78, 5) is 16.3. The van der Waals surface area contributed by atoms with E-state index in [9.17, 15) is 4.79 Å². The highest BCUT2D eigenvalue weighted by molar-refractivity contribution is 5.67. The molecule has 0 radical (unpaired) electrons. The first-order valence-electron chi connectivity index (χ1n) is 7.90. The van der Waals surface area contributed by atoms with E-state index in [4.69, 9.17) is 0 Å². The van der Waals surface area contributed by atoms with Crippen molar-refractivity contribution in [1.29, 1.82) is 0 Å². The number of hydrogen-bond donors (Lipinski definition) is 1. The molecule has 0 amide bonds. The van der Waals surface area contributed by atoms with Crippen molar-refractivity contribution in [3.05, 3.63) is 53.3 Å². The van der Waals surface area contributed by atoms with Crippen molar-refractivity contribution in [2.45, 2.75) is 37.8 Å². The number of anilines is 1. The van der Waals surface area contributed by atoms with Gasteiger partial charge in [-0.15, -0.1) is 0 Å². The van der Waals surface area contributed by atoms with E-state index in [1.165, 1.54) is 0 Å². The van der Waals surface area contributed by atoms with Crippen LogP contribution in [0.15, 0.2) is 47.8 Å². The molecule has 0 spiro atoms. The van der Waals surface area contributed by atoms with Crippen molar-refractivity contribution in [2.24, 2.45) is 0 Å². The Hall–Kier alpha value is -2.70. The van der Waals surface area contributed by atoms with Crippen LogP contribution in [0.2, 0.25) is 0 Å². The van der Waals surface area contributed by atoms with Crippen molar-refractivity contribution in [3.8, 4) is 0 Å². The van der Waals surface area contributed by atoms with Crippen LogP contribution in [-0.2, 0) is 0 Å². The fourth-order valence-electron chi connectivity index (χ4n) is 3.27. The molecule has 3 aromatic rings. The van der Waals surface area contributed by atoms with Crippen LogP contribution in [0.5, 0.6) is 0 Å². The molecule has 0 saturated heterocycles. The normalized spacial score (nSPS) is 21.4. The van der Waals surface area contributed by atoms with E-state index in [0.717, 1.165) is 37.0 Å². The van der Waals surface area contributed by atoms with E-state index in [-0.39, 0.29) is 11.6 Å². The van der Waals surface area contributed by atoms with Crippen molar-refractivity contribution in [1.82, 2.24) is 24.4 Å². The van der Waals surface area contributed by atoms with Crippen molar-refractivity contribution in [3.63, 3.8) is 0 Å². The summed E-state index contributed by atoms with van der Waals surface area (Å²) >= 11 is 0. The third kappa shape index (κ3) is 2.69. The second-order valence-electron chi connectivity index (χ2n) is 5.89. The lowest BCUT2D eigenvalue weighted by atomic mass is 9.91. The molecule has 1 N–H and O–H groups in total. The van der Waals surface area contributed by atoms with Gasteiger partial charge in [0.1, 0.15) is 5.52 Å². The van der Waals surface area contributed by atoms with Crippen LogP contribution in [-0.4, -0.2) is 30.4 Å². The van der Waals surface area contributed by atoms with Gasteiger partial charge in [0.15, 0.2) is 5.82 Å². The summed E-state index contributed by atoms with van der Waals surface area (Å²) < 4.78 is 3.43. The second-order valence-corrected chi connectivity index (χ2v) is 5.89. The van der Waals surface area contributed by atoms with Gasteiger partial charge in [-0.3, -0.25) is 4.79 Å². The molecule has 118 valence electrons. The summed E-state index contributed by atoms with van der Waals surface area (Å²) in [6.45, 7) is 0. The van der Waals surface area contributed by atoms with E-state index in [1.807, 2.05) is 16.8 Å². The Labute approximate surface area is 133 Å². The number of nitrogens with zero attached hydrogens (tertiary/aromatic N) is 5. The topological polar surface area (TPSA) is 77.1 Å². The van der Waals surface area contributed by atoms with Gasteiger partial charge in [0.05, 0.1) is 12.2 Å². The Morgan fingerprint density at radius 2 is 1.91 bits per heavy atom. The summed E-state index contributed by atoms with van der Waals surface area (Å²) in [6.07, 6.45) is 10.9. The third-order valence-corrected chi connectivity index (χ3v) is 4.45. The lowest BCUT2D eigenvalue weighted by Gasteiger charge is -2.29. The lowest BCUT2D eigenvalue weighted by Crippen LogP contribution is -2.33. The SMILES string of the molecule is O=c1cccnn1C1CCC(Nc2nccn3nccc23)CC1. The summed E-state index contributed by atoms with van der Waals surface area (Å²) in [5, 5.41) is 11.9. The fourth-order valence-corrected chi connectivity index (χ4v) is 3.27. The molecular weight excluding hydrogens is 292 g/mol. The minimum Gasteiger partial charge on any atom is -0.366 e. The average molecular weight is 310 g/mol. The number of fused-ring (bicyclic) bond motifs is 1.